The van der Waals surface area contributed by atoms with Crippen molar-refractivity contribution in [1.29, 1.82) is 0 Å². The first kappa shape index (κ1) is 15.7. The van der Waals surface area contributed by atoms with Gasteiger partial charge in [0, 0.05) is 4.88 Å². The predicted octanol–water partition coefficient (Wildman–Crippen LogP) is 3.95. The fourth-order valence-corrected chi connectivity index (χ4v) is 4.56. The van der Waals surface area contributed by atoms with Gasteiger partial charge in [0.05, 0.1) is 11.5 Å². The van der Waals surface area contributed by atoms with Crippen LogP contribution in [0.5, 0.6) is 0 Å². The zero-order chi connectivity index (χ0) is 15.7. The van der Waals surface area contributed by atoms with E-state index in [-0.39, 0.29) is 5.56 Å². The van der Waals surface area contributed by atoms with Crippen LogP contribution in [-0.2, 0) is 17.8 Å². The van der Waals surface area contributed by atoms with Crippen molar-refractivity contribution in [3.63, 3.8) is 0 Å². The maximum absolute atomic E-state index is 12.4. The summed E-state index contributed by atoms with van der Waals surface area (Å²) in [6.07, 6.45) is 6.05. The summed E-state index contributed by atoms with van der Waals surface area (Å²) in [5.74, 6) is 1.25. The van der Waals surface area contributed by atoms with Crippen molar-refractivity contribution in [3.05, 3.63) is 26.6 Å². The zero-order valence-corrected chi connectivity index (χ0v) is 14.4. The molecule has 0 aromatic carbocycles. The molecule has 4 nitrogen and oxygen atoms in total. The zero-order valence-electron chi connectivity index (χ0n) is 13.6. The number of nitrogens with zero attached hydrogens (tertiary/aromatic N) is 1. The SMILES string of the molecule is CCc1c(C)sc2nc(COC3CCCCC3C)[nH]c(=O)c12. The van der Waals surface area contributed by atoms with Gasteiger partial charge in [-0.1, -0.05) is 26.7 Å². The second-order valence-corrected chi connectivity index (χ2v) is 7.50. The van der Waals surface area contributed by atoms with Crippen molar-refractivity contribution in [2.24, 2.45) is 5.92 Å². The molecule has 1 N–H and O–H groups in total. The number of thiophene rings is 1. The van der Waals surface area contributed by atoms with Crippen LogP contribution in [-0.4, -0.2) is 16.1 Å². The van der Waals surface area contributed by atoms with E-state index in [1.165, 1.54) is 24.1 Å². The minimum absolute atomic E-state index is 0.0264. The lowest BCUT2D eigenvalue weighted by molar-refractivity contribution is -0.0181. The molecule has 2 unspecified atom stereocenters. The highest BCUT2D eigenvalue weighted by Crippen LogP contribution is 2.28. The van der Waals surface area contributed by atoms with Gasteiger partial charge in [0.15, 0.2) is 0 Å². The van der Waals surface area contributed by atoms with Crippen molar-refractivity contribution in [2.45, 2.75) is 65.6 Å². The lowest BCUT2D eigenvalue weighted by Crippen LogP contribution is -2.26. The standard InChI is InChI=1S/C17H24N2O2S/c1-4-12-11(3)22-17-15(12)16(20)18-14(19-17)9-21-13-8-6-5-7-10(13)2/h10,13H,4-9H2,1-3H3,(H,18,19,20). The molecular formula is C17H24N2O2S. The first-order valence-corrected chi connectivity index (χ1v) is 9.04. The molecule has 1 saturated carbocycles. The number of ether oxygens (including phenoxy) is 1. The summed E-state index contributed by atoms with van der Waals surface area (Å²) in [6.45, 7) is 6.79. The van der Waals surface area contributed by atoms with Gasteiger partial charge in [0.1, 0.15) is 17.3 Å². The van der Waals surface area contributed by atoms with Gasteiger partial charge in [-0.15, -0.1) is 11.3 Å². The van der Waals surface area contributed by atoms with Crippen molar-refractivity contribution < 1.29 is 4.74 Å². The third-order valence-corrected chi connectivity index (χ3v) is 5.77. The maximum atomic E-state index is 12.4. The van der Waals surface area contributed by atoms with Crippen molar-refractivity contribution in [2.75, 3.05) is 0 Å². The number of aromatic amines is 1. The second-order valence-electron chi connectivity index (χ2n) is 6.29. The van der Waals surface area contributed by atoms with Crippen LogP contribution in [0.2, 0.25) is 0 Å². The summed E-state index contributed by atoms with van der Waals surface area (Å²) in [5, 5.41) is 0.764. The number of rotatable bonds is 4. The molecule has 2 aromatic rings. The molecule has 2 aromatic heterocycles. The van der Waals surface area contributed by atoms with Gasteiger partial charge in [-0.3, -0.25) is 4.79 Å². The van der Waals surface area contributed by atoms with Crippen LogP contribution in [0.15, 0.2) is 4.79 Å². The van der Waals surface area contributed by atoms with Crippen molar-refractivity contribution in [3.8, 4) is 0 Å². The van der Waals surface area contributed by atoms with Gasteiger partial charge < -0.3 is 9.72 Å². The third kappa shape index (κ3) is 2.97. The van der Waals surface area contributed by atoms with Crippen LogP contribution in [0.1, 0.15) is 55.8 Å². The summed E-state index contributed by atoms with van der Waals surface area (Å²) < 4.78 is 6.02. The molecular weight excluding hydrogens is 296 g/mol. The van der Waals surface area contributed by atoms with E-state index in [9.17, 15) is 4.79 Å². The highest BCUT2D eigenvalue weighted by Gasteiger charge is 2.22. The van der Waals surface area contributed by atoms with Gasteiger partial charge in [-0.05, 0) is 37.7 Å². The highest BCUT2D eigenvalue weighted by molar-refractivity contribution is 7.18. The summed E-state index contributed by atoms with van der Waals surface area (Å²) >= 11 is 1.61. The Bertz CT molecular complexity index is 719. The number of aryl methyl sites for hydroxylation is 2. The molecule has 0 bridgehead atoms. The second kappa shape index (κ2) is 6.50. The van der Waals surface area contributed by atoms with E-state index in [0.717, 1.165) is 28.6 Å². The van der Waals surface area contributed by atoms with E-state index >= 15 is 0 Å². The number of aromatic nitrogens is 2. The van der Waals surface area contributed by atoms with Gasteiger partial charge in [0.25, 0.3) is 5.56 Å². The fraction of sp³-hybridized carbons (Fsp3) is 0.647. The number of hydrogen-bond acceptors (Lipinski definition) is 4. The Kier molecular flexibility index (Phi) is 4.64. The van der Waals surface area contributed by atoms with Crippen LogP contribution in [0, 0.1) is 12.8 Å². The number of fused-ring (bicyclic) bond motifs is 1. The van der Waals surface area contributed by atoms with E-state index in [2.05, 4.69) is 30.7 Å². The summed E-state index contributed by atoms with van der Waals surface area (Å²) in [7, 11) is 0. The molecule has 120 valence electrons. The minimum Gasteiger partial charge on any atom is -0.370 e. The molecule has 0 saturated heterocycles. The van der Waals surface area contributed by atoms with E-state index in [1.54, 1.807) is 11.3 Å². The summed E-state index contributed by atoms with van der Waals surface area (Å²) in [6, 6.07) is 0. The Morgan fingerprint density at radius 2 is 2.14 bits per heavy atom. The Morgan fingerprint density at radius 1 is 1.36 bits per heavy atom. The molecule has 3 rings (SSSR count). The normalized spacial score (nSPS) is 22.3. The molecule has 5 heteroatoms. The van der Waals surface area contributed by atoms with Gasteiger partial charge in [0.2, 0.25) is 0 Å². The molecule has 2 atom stereocenters. The molecule has 0 radical (unpaired) electrons. The smallest absolute Gasteiger partial charge is 0.260 e. The van der Waals surface area contributed by atoms with E-state index < -0.39 is 0 Å². The Balaban J connectivity index is 1.81. The molecule has 0 amide bonds. The average Bonchev–Trinajstić information content (AvgIpc) is 2.82. The van der Waals surface area contributed by atoms with Crippen molar-refractivity contribution in [1.82, 2.24) is 9.97 Å². The van der Waals surface area contributed by atoms with Crippen LogP contribution >= 0.6 is 11.3 Å². The Morgan fingerprint density at radius 3 is 2.86 bits per heavy atom. The number of H-pyrrole nitrogens is 1. The third-order valence-electron chi connectivity index (χ3n) is 4.73. The van der Waals surface area contributed by atoms with E-state index in [0.29, 0.717) is 24.5 Å². The van der Waals surface area contributed by atoms with Crippen LogP contribution in [0.25, 0.3) is 10.2 Å². The molecule has 22 heavy (non-hydrogen) atoms. The first-order chi connectivity index (χ1) is 10.6. The fourth-order valence-electron chi connectivity index (χ4n) is 3.43. The molecule has 0 spiro atoms. The lowest BCUT2D eigenvalue weighted by Gasteiger charge is -2.28. The van der Waals surface area contributed by atoms with Gasteiger partial charge in [-0.2, -0.15) is 0 Å². The van der Waals surface area contributed by atoms with E-state index in [4.69, 9.17) is 4.74 Å². The molecule has 0 aliphatic heterocycles. The molecule has 1 aliphatic carbocycles. The van der Waals surface area contributed by atoms with Crippen LogP contribution < -0.4 is 5.56 Å². The molecule has 1 fully saturated rings. The largest absolute Gasteiger partial charge is 0.370 e. The molecule has 1 aliphatic rings. The van der Waals surface area contributed by atoms with Gasteiger partial charge in [-0.25, -0.2) is 4.98 Å². The van der Waals surface area contributed by atoms with E-state index in [1.807, 2.05) is 0 Å². The first-order valence-electron chi connectivity index (χ1n) is 8.23. The maximum Gasteiger partial charge on any atom is 0.260 e. The lowest BCUT2D eigenvalue weighted by atomic mass is 9.88. The molecule has 2 heterocycles. The highest BCUT2D eigenvalue weighted by atomic mass is 32.1. The minimum atomic E-state index is -0.0264. The number of hydrogen-bond donors (Lipinski definition) is 1. The summed E-state index contributed by atoms with van der Waals surface area (Å²) in [5.41, 5.74) is 1.10. The summed E-state index contributed by atoms with van der Waals surface area (Å²) in [4.78, 5) is 21.9. The Labute approximate surface area is 134 Å². The van der Waals surface area contributed by atoms with Crippen LogP contribution in [0.3, 0.4) is 0 Å². The van der Waals surface area contributed by atoms with Crippen molar-refractivity contribution >= 4 is 21.6 Å². The predicted molar refractivity (Wildman–Crippen MR) is 90.6 cm³/mol. The van der Waals surface area contributed by atoms with Crippen LogP contribution in [0.4, 0.5) is 0 Å². The topological polar surface area (TPSA) is 55.0 Å². The average molecular weight is 320 g/mol. The van der Waals surface area contributed by atoms with Gasteiger partial charge >= 0.3 is 0 Å². The number of nitrogens with one attached hydrogen (secondary N) is 1. The monoisotopic (exact) mass is 320 g/mol. The quantitative estimate of drug-likeness (QED) is 0.928. The Hall–Kier alpha value is -1.20.